The zero-order valence-electron chi connectivity index (χ0n) is 17.6. The summed E-state index contributed by atoms with van der Waals surface area (Å²) in [5.41, 5.74) is 2.47. The smallest absolute Gasteiger partial charge is 0.146 e. The van der Waals surface area contributed by atoms with E-state index >= 15 is 0 Å². The Bertz CT molecular complexity index is 984. The zero-order valence-corrected chi connectivity index (χ0v) is 18.5. The summed E-state index contributed by atoms with van der Waals surface area (Å²) in [6.07, 6.45) is 5.15. The van der Waals surface area contributed by atoms with Gasteiger partial charge in [-0.15, -0.1) is 11.3 Å². The van der Waals surface area contributed by atoms with Crippen LogP contribution < -0.4 is 5.32 Å². The molecule has 158 valence electrons. The van der Waals surface area contributed by atoms with Crippen molar-refractivity contribution in [1.29, 1.82) is 0 Å². The topological polar surface area (TPSA) is 50.3 Å². The summed E-state index contributed by atoms with van der Waals surface area (Å²) in [6, 6.07) is 11.1. The lowest BCUT2D eigenvalue weighted by Gasteiger charge is -2.30. The average molecular weight is 423 g/mol. The molecule has 0 spiro atoms. The number of rotatable bonds is 5. The van der Waals surface area contributed by atoms with E-state index < -0.39 is 0 Å². The molecule has 1 saturated heterocycles. The SMILES string of the molecule is C[C@H]1CCCC[C@@H]1Nc1nc(CN2CCOCC2)nc2scc(-c3ccccc3)c12. The number of hydrogen-bond donors (Lipinski definition) is 1. The fourth-order valence-corrected chi connectivity index (χ4v) is 5.62. The van der Waals surface area contributed by atoms with Gasteiger partial charge < -0.3 is 10.1 Å². The van der Waals surface area contributed by atoms with E-state index in [1.54, 1.807) is 11.3 Å². The average Bonchev–Trinajstić information content (AvgIpc) is 3.21. The predicted molar refractivity (Wildman–Crippen MR) is 124 cm³/mol. The second-order valence-corrected chi connectivity index (χ2v) is 9.44. The summed E-state index contributed by atoms with van der Waals surface area (Å²) in [5, 5.41) is 7.27. The van der Waals surface area contributed by atoms with Crippen molar-refractivity contribution < 1.29 is 4.74 Å². The molecule has 3 aromatic rings. The first-order valence-corrected chi connectivity index (χ1v) is 12.1. The molecule has 30 heavy (non-hydrogen) atoms. The zero-order chi connectivity index (χ0) is 20.3. The molecule has 5 nitrogen and oxygen atoms in total. The van der Waals surface area contributed by atoms with Gasteiger partial charge in [-0.05, 0) is 24.3 Å². The molecule has 2 aliphatic rings. The Balaban J connectivity index is 1.54. The van der Waals surface area contributed by atoms with E-state index in [1.165, 1.54) is 42.2 Å². The van der Waals surface area contributed by atoms with Gasteiger partial charge in [-0.1, -0.05) is 50.1 Å². The maximum atomic E-state index is 5.50. The molecular weight excluding hydrogens is 392 g/mol. The van der Waals surface area contributed by atoms with Crippen LogP contribution in [0.2, 0.25) is 0 Å². The third-order valence-electron chi connectivity index (χ3n) is 6.47. The van der Waals surface area contributed by atoms with Gasteiger partial charge in [0.25, 0.3) is 0 Å². The van der Waals surface area contributed by atoms with Crippen molar-refractivity contribution in [2.45, 2.75) is 45.2 Å². The molecule has 6 heteroatoms. The summed E-state index contributed by atoms with van der Waals surface area (Å²) in [4.78, 5) is 13.5. The number of aromatic nitrogens is 2. The molecule has 1 saturated carbocycles. The Kier molecular flexibility index (Phi) is 5.97. The Labute approximate surface area is 182 Å². The summed E-state index contributed by atoms with van der Waals surface area (Å²) >= 11 is 1.73. The molecule has 0 radical (unpaired) electrons. The maximum Gasteiger partial charge on any atom is 0.146 e. The van der Waals surface area contributed by atoms with Crippen LogP contribution in [0.3, 0.4) is 0 Å². The largest absolute Gasteiger partial charge is 0.379 e. The van der Waals surface area contributed by atoms with E-state index in [0.717, 1.165) is 49.3 Å². The molecule has 2 aromatic heterocycles. The first kappa shape index (κ1) is 19.9. The first-order valence-electron chi connectivity index (χ1n) is 11.2. The highest BCUT2D eigenvalue weighted by Gasteiger charge is 2.24. The van der Waals surface area contributed by atoms with Crippen LogP contribution in [-0.4, -0.2) is 47.2 Å². The van der Waals surface area contributed by atoms with E-state index in [0.29, 0.717) is 12.0 Å². The molecule has 0 amide bonds. The summed E-state index contributed by atoms with van der Waals surface area (Å²) in [7, 11) is 0. The van der Waals surface area contributed by atoms with Crippen LogP contribution >= 0.6 is 11.3 Å². The summed E-state index contributed by atoms with van der Waals surface area (Å²) in [6.45, 7) is 6.64. The van der Waals surface area contributed by atoms with Crippen LogP contribution in [0.5, 0.6) is 0 Å². The third-order valence-corrected chi connectivity index (χ3v) is 7.34. The first-order chi connectivity index (χ1) is 14.8. The minimum Gasteiger partial charge on any atom is -0.379 e. The van der Waals surface area contributed by atoms with Gasteiger partial charge in [0.2, 0.25) is 0 Å². The summed E-state index contributed by atoms with van der Waals surface area (Å²) in [5.74, 6) is 2.60. The number of nitrogens with one attached hydrogen (secondary N) is 1. The van der Waals surface area contributed by atoms with Crippen LogP contribution in [0, 0.1) is 5.92 Å². The fourth-order valence-electron chi connectivity index (χ4n) is 4.66. The van der Waals surface area contributed by atoms with Gasteiger partial charge in [0.05, 0.1) is 25.1 Å². The van der Waals surface area contributed by atoms with Gasteiger partial charge in [0, 0.05) is 30.1 Å². The van der Waals surface area contributed by atoms with Crippen molar-refractivity contribution in [2.75, 3.05) is 31.6 Å². The Hall–Kier alpha value is -2.02. The van der Waals surface area contributed by atoms with Crippen molar-refractivity contribution in [3.63, 3.8) is 0 Å². The molecular formula is C24H30N4OS. The maximum absolute atomic E-state index is 5.50. The molecule has 1 N–H and O–H groups in total. The molecule has 2 fully saturated rings. The molecule has 2 atom stereocenters. The van der Waals surface area contributed by atoms with Gasteiger partial charge in [-0.2, -0.15) is 0 Å². The molecule has 0 unspecified atom stereocenters. The van der Waals surface area contributed by atoms with Gasteiger partial charge in [-0.3, -0.25) is 4.90 Å². The number of benzene rings is 1. The molecule has 3 heterocycles. The van der Waals surface area contributed by atoms with E-state index in [-0.39, 0.29) is 0 Å². The van der Waals surface area contributed by atoms with Crippen LogP contribution in [0.25, 0.3) is 21.3 Å². The Morgan fingerprint density at radius 3 is 2.70 bits per heavy atom. The van der Waals surface area contributed by atoms with E-state index in [1.807, 2.05) is 0 Å². The standard InChI is InChI=1S/C24H30N4OS/c1-17-7-5-6-10-20(17)25-23-22-19(18-8-3-2-4-9-18)16-30-24(22)27-21(26-23)15-28-11-13-29-14-12-28/h2-4,8-9,16-17,20H,5-7,10-15H2,1H3,(H,25,26,27)/t17-,20-/m0/s1. The van der Waals surface area contributed by atoms with Crippen LogP contribution in [0.1, 0.15) is 38.4 Å². The lowest BCUT2D eigenvalue weighted by molar-refractivity contribution is 0.0331. The van der Waals surface area contributed by atoms with E-state index in [4.69, 9.17) is 14.7 Å². The molecule has 0 bridgehead atoms. The van der Waals surface area contributed by atoms with Crippen molar-refractivity contribution in [2.24, 2.45) is 5.92 Å². The minimum absolute atomic E-state index is 0.483. The molecule has 1 aliphatic carbocycles. The lowest BCUT2D eigenvalue weighted by atomic mass is 9.86. The van der Waals surface area contributed by atoms with Crippen LogP contribution in [0.15, 0.2) is 35.7 Å². The van der Waals surface area contributed by atoms with Crippen molar-refractivity contribution >= 4 is 27.4 Å². The fraction of sp³-hybridized carbons (Fsp3) is 0.500. The molecule has 5 rings (SSSR count). The number of morpholine rings is 1. The Morgan fingerprint density at radius 1 is 1.10 bits per heavy atom. The highest BCUT2D eigenvalue weighted by molar-refractivity contribution is 7.17. The summed E-state index contributed by atoms with van der Waals surface area (Å²) < 4.78 is 5.50. The highest BCUT2D eigenvalue weighted by Crippen LogP contribution is 2.38. The Morgan fingerprint density at radius 2 is 1.90 bits per heavy atom. The monoisotopic (exact) mass is 422 g/mol. The molecule has 1 aromatic carbocycles. The van der Waals surface area contributed by atoms with E-state index in [9.17, 15) is 0 Å². The van der Waals surface area contributed by atoms with Gasteiger partial charge >= 0.3 is 0 Å². The molecule has 1 aliphatic heterocycles. The van der Waals surface area contributed by atoms with Crippen molar-refractivity contribution in [3.05, 3.63) is 41.5 Å². The van der Waals surface area contributed by atoms with Crippen LogP contribution in [-0.2, 0) is 11.3 Å². The third kappa shape index (κ3) is 4.22. The van der Waals surface area contributed by atoms with Crippen molar-refractivity contribution in [1.82, 2.24) is 14.9 Å². The lowest BCUT2D eigenvalue weighted by Crippen LogP contribution is -2.36. The highest BCUT2D eigenvalue weighted by atomic mass is 32.1. The van der Waals surface area contributed by atoms with E-state index in [2.05, 4.69) is 52.9 Å². The van der Waals surface area contributed by atoms with Gasteiger partial charge in [0.1, 0.15) is 16.5 Å². The van der Waals surface area contributed by atoms with Gasteiger partial charge in [-0.25, -0.2) is 9.97 Å². The number of thiophene rings is 1. The van der Waals surface area contributed by atoms with Crippen molar-refractivity contribution in [3.8, 4) is 11.1 Å². The number of anilines is 1. The minimum atomic E-state index is 0.483. The second kappa shape index (κ2) is 9.00. The second-order valence-electron chi connectivity index (χ2n) is 8.59. The quantitative estimate of drug-likeness (QED) is 0.614. The number of fused-ring (bicyclic) bond motifs is 1. The predicted octanol–water partition coefficient (Wildman–Crippen LogP) is 5.18. The normalized spacial score (nSPS) is 23.0. The number of ether oxygens (including phenoxy) is 1. The van der Waals surface area contributed by atoms with Gasteiger partial charge in [0.15, 0.2) is 0 Å². The number of hydrogen-bond acceptors (Lipinski definition) is 6. The number of nitrogens with zero attached hydrogens (tertiary/aromatic N) is 3. The van der Waals surface area contributed by atoms with Crippen LogP contribution in [0.4, 0.5) is 5.82 Å².